The monoisotopic (exact) mass is 157 g/mol. The van der Waals surface area contributed by atoms with Crippen molar-refractivity contribution in [2.75, 3.05) is 0 Å². The fraction of sp³-hybridized carbons (Fsp3) is 0. The zero-order valence-corrected chi connectivity index (χ0v) is 6.19. The molecular formula is C9H5N2O. The summed E-state index contributed by atoms with van der Waals surface area (Å²) in [7, 11) is 0. The number of nitrogens with zero attached hydrogens (tertiary/aromatic N) is 2. The van der Waals surface area contributed by atoms with E-state index in [4.69, 9.17) is 0 Å². The van der Waals surface area contributed by atoms with Gasteiger partial charge in [0.15, 0.2) is 0 Å². The van der Waals surface area contributed by atoms with Gasteiger partial charge in [-0.15, -0.1) is 0 Å². The molecule has 0 aliphatic heterocycles. The van der Waals surface area contributed by atoms with Gasteiger partial charge in [-0.25, -0.2) is 0 Å². The first kappa shape index (κ1) is 6.91. The normalized spacial score (nSPS) is 10.0. The lowest BCUT2D eigenvalue weighted by atomic mass is 10.2. The number of hydrogen-bond acceptors (Lipinski definition) is 3. The van der Waals surface area contributed by atoms with Gasteiger partial charge in [0.25, 0.3) is 6.29 Å². The summed E-state index contributed by atoms with van der Waals surface area (Å²) in [5, 5.41) is 0.908. The van der Waals surface area contributed by atoms with Crippen LogP contribution in [0.25, 0.3) is 10.9 Å². The zero-order chi connectivity index (χ0) is 8.39. The molecule has 0 fully saturated rings. The number of pyridine rings is 2. The van der Waals surface area contributed by atoms with Crippen molar-refractivity contribution in [3.8, 4) is 0 Å². The molecule has 0 bridgehead atoms. The van der Waals surface area contributed by atoms with Crippen LogP contribution in [0.1, 0.15) is 5.69 Å². The summed E-state index contributed by atoms with van der Waals surface area (Å²) in [4.78, 5) is 18.1. The molecule has 0 spiro atoms. The highest BCUT2D eigenvalue weighted by Gasteiger charge is 1.96. The van der Waals surface area contributed by atoms with Crippen LogP contribution >= 0.6 is 0 Å². The Morgan fingerprint density at radius 1 is 1.33 bits per heavy atom. The maximum atomic E-state index is 10.2. The smallest absolute Gasteiger partial charge is 0.253 e. The molecule has 0 N–H and O–H groups in total. The Balaban J connectivity index is 2.75. The second-order valence-electron chi connectivity index (χ2n) is 2.37. The lowest BCUT2D eigenvalue weighted by molar-refractivity contribution is 0.561. The first-order valence-electron chi connectivity index (χ1n) is 3.49. The van der Waals surface area contributed by atoms with Crippen molar-refractivity contribution in [2.24, 2.45) is 0 Å². The predicted molar refractivity (Wildman–Crippen MR) is 44.3 cm³/mol. The van der Waals surface area contributed by atoms with Gasteiger partial charge in [0, 0.05) is 11.6 Å². The van der Waals surface area contributed by atoms with E-state index in [0.29, 0.717) is 5.69 Å². The molecule has 2 aromatic rings. The molecule has 0 atom stereocenters. The van der Waals surface area contributed by atoms with Crippen molar-refractivity contribution < 1.29 is 4.79 Å². The van der Waals surface area contributed by atoms with Crippen LogP contribution in [0.5, 0.6) is 0 Å². The molecule has 0 amide bonds. The highest BCUT2D eigenvalue weighted by molar-refractivity contribution is 5.84. The third-order valence-corrected chi connectivity index (χ3v) is 1.59. The lowest BCUT2D eigenvalue weighted by Gasteiger charge is -1.94. The Hall–Kier alpha value is -1.77. The molecule has 0 saturated heterocycles. The van der Waals surface area contributed by atoms with Gasteiger partial charge in [-0.3, -0.25) is 14.8 Å². The number of rotatable bonds is 1. The highest BCUT2D eigenvalue weighted by atomic mass is 16.1. The standard InChI is InChI=1S/C9H5N2O/c12-6-8-4-7-2-1-3-10-9(7)5-11-8/h1-5H. The summed E-state index contributed by atoms with van der Waals surface area (Å²) in [6.07, 6.45) is 4.98. The zero-order valence-electron chi connectivity index (χ0n) is 6.19. The fourth-order valence-corrected chi connectivity index (χ4v) is 1.03. The molecule has 1 radical (unpaired) electrons. The summed E-state index contributed by atoms with van der Waals surface area (Å²) in [5.74, 6) is 0. The van der Waals surface area contributed by atoms with Crippen molar-refractivity contribution in [1.29, 1.82) is 0 Å². The topological polar surface area (TPSA) is 42.9 Å². The molecule has 0 unspecified atom stereocenters. The second-order valence-corrected chi connectivity index (χ2v) is 2.37. The second kappa shape index (κ2) is 2.70. The van der Waals surface area contributed by atoms with Crippen LogP contribution in [0, 0.1) is 0 Å². The average Bonchev–Trinajstić information content (AvgIpc) is 2.17. The van der Waals surface area contributed by atoms with Gasteiger partial charge in [-0.2, -0.15) is 0 Å². The first-order valence-corrected chi connectivity index (χ1v) is 3.49. The molecule has 0 aromatic carbocycles. The van der Waals surface area contributed by atoms with E-state index in [2.05, 4.69) is 9.97 Å². The minimum absolute atomic E-state index is 0.315. The molecule has 2 heterocycles. The van der Waals surface area contributed by atoms with Crippen LogP contribution in [0.15, 0.2) is 30.6 Å². The third kappa shape index (κ3) is 1.05. The van der Waals surface area contributed by atoms with E-state index < -0.39 is 0 Å². The van der Waals surface area contributed by atoms with Crippen molar-refractivity contribution in [2.45, 2.75) is 0 Å². The van der Waals surface area contributed by atoms with Crippen molar-refractivity contribution in [3.63, 3.8) is 0 Å². The molecule has 0 aliphatic carbocycles. The molecule has 2 rings (SSSR count). The molecule has 12 heavy (non-hydrogen) atoms. The Bertz CT molecular complexity index is 426. The maximum Gasteiger partial charge on any atom is 0.253 e. The average molecular weight is 157 g/mol. The lowest BCUT2D eigenvalue weighted by Crippen LogP contribution is -1.87. The Morgan fingerprint density at radius 3 is 3.08 bits per heavy atom. The van der Waals surface area contributed by atoms with E-state index in [1.807, 2.05) is 12.1 Å². The molecule has 3 nitrogen and oxygen atoms in total. The van der Waals surface area contributed by atoms with E-state index in [-0.39, 0.29) is 0 Å². The summed E-state index contributed by atoms with van der Waals surface area (Å²) in [6.45, 7) is 0. The first-order chi connectivity index (χ1) is 5.90. The van der Waals surface area contributed by atoms with E-state index in [1.54, 1.807) is 24.7 Å². The molecule has 57 valence electrons. The van der Waals surface area contributed by atoms with Crippen molar-refractivity contribution in [3.05, 3.63) is 36.3 Å². The third-order valence-electron chi connectivity index (χ3n) is 1.59. The fourth-order valence-electron chi connectivity index (χ4n) is 1.03. The van der Waals surface area contributed by atoms with Crippen LogP contribution in [0.4, 0.5) is 0 Å². The summed E-state index contributed by atoms with van der Waals surface area (Å²) < 4.78 is 0. The molecule has 0 saturated carbocycles. The highest BCUT2D eigenvalue weighted by Crippen LogP contribution is 2.08. The summed E-state index contributed by atoms with van der Waals surface area (Å²) in [6, 6.07) is 5.36. The van der Waals surface area contributed by atoms with E-state index in [1.165, 1.54) is 0 Å². The Morgan fingerprint density at radius 2 is 2.25 bits per heavy atom. The minimum Gasteiger partial charge on any atom is -0.283 e. The molecule has 2 aromatic heterocycles. The molecule has 3 heteroatoms. The largest absolute Gasteiger partial charge is 0.283 e. The maximum absolute atomic E-state index is 10.2. The van der Waals surface area contributed by atoms with Gasteiger partial charge in [0.05, 0.1) is 11.7 Å². The summed E-state index contributed by atoms with van der Waals surface area (Å²) in [5.41, 5.74) is 1.10. The van der Waals surface area contributed by atoms with E-state index >= 15 is 0 Å². The summed E-state index contributed by atoms with van der Waals surface area (Å²) >= 11 is 0. The molecular weight excluding hydrogens is 152 g/mol. The minimum atomic E-state index is 0.315. The number of fused-ring (bicyclic) bond motifs is 1. The van der Waals surface area contributed by atoms with Gasteiger partial charge in [-0.1, -0.05) is 6.07 Å². The predicted octanol–water partition coefficient (Wildman–Crippen LogP) is 1.09. The van der Waals surface area contributed by atoms with Crippen LogP contribution in [0.3, 0.4) is 0 Å². The van der Waals surface area contributed by atoms with E-state index in [0.717, 1.165) is 10.9 Å². The van der Waals surface area contributed by atoms with Gasteiger partial charge in [-0.05, 0) is 12.1 Å². The van der Waals surface area contributed by atoms with E-state index in [9.17, 15) is 4.79 Å². The van der Waals surface area contributed by atoms with Gasteiger partial charge < -0.3 is 0 Å². The van der Waals surface area contributed by atoms with Gasteiger partial charge in [0.2, 0.25) is 0 Å². The van der Waals surface area contributed by atoms with Gasteiger partial charge in [0.1, 0.15) is 5.69 Å². The number of hydrogen-bond donors (Lipinski definition) is 0. The van der Waals surface area contributed by atoms with Crippen LogP contribution in [-0.2, 0) is 4.79 Å². The van der Waals surface area contributed by atoms with Crippen LogP contribution < -0.4 is 0 Å². The quantitative estimate of drug-likeness (QED) is 0.622. The Labute approximate surface area is 69.1 Å². The number of aromatic nitrogens is 2. The van der Waals surface area contributed by atoms with Crippen molar-refractivity contribution in [1.82, 2.24) is 9.97 Å². The van der Waals surface area contributed by atoms with Crippen LogP contribution in [0.2, 0.25) is 0 Å². The SMILES string of the molecule is O=[C]c1cc2cccnc2cn1. The Kier molecular flexibility index (Phi) is 1.55. The molecule has 0 aliphatic rings. The van der Waals surface area contributed by atoms with Gasteiger partial charge >= 0.3 is 0 Å². The van der Waals surface area contributed by atoms with Crippen molar-refractivity contribution >= 4 is 17.2 Å². The number of carbonyl (C=O) groups excluding carboxylic acids is 1. The van der Waals surface area contributed by atoms with Crippen LogP contribution in [-0.4, -0.2) is 16.3 Å².